The summed E-state index contributed by atoms with van der Waals surface area (Å²) in [6.45, 7) is 4.13. The second kappa shape index (κ2) is 7.79. The number of nitrogens with two attached hydrogens (primary N) is 1. The van der Waals surface area contributed by atoms with E-state index in [-0.39, 0.29) is 5.91 Å². The molecule has 4 nitrogen and oxygen atoms in total. The highest BCUT2D eigenvalue weighted by atomic mass is 16.2. The molecular weight excluding hydrogens is 310 g/mol. The number of amides is 1. The van der Waals surface area contributed by atoms with Gasteiger partial charge in [0.15, 0.2) is 0 Å². The van der Waals surface area contributed by atoms with E-state index in [2.05, 4.69) is 24.1 Å². The van der Waals surface area contributed by atoms with Crippen LogP contribution >= 0.6 is 0 Å². The van der Waals surface area contributed by atoms with Crippen LogP contribution in [0.4, 0.5) is 5.69 Å². The molecule has 1 amide bonds. The van der Waals surface area contributed by atoms with E-state index < -0.39 is 6.04 Å². The Kier molecular flexibility index (Phi) is 5.49. The van der Waals surface area contributed by atoms with Crippen molar-refractivity contribution in [3.63, 3.8) is 0 Å². The van der Waals surface area contributed by atoms with E-state index in [0.717, 1.165) is 35.2 Å². The molecule has 1 fully saturated rings. The molecule has 132 valence electrons. The molecule has 1 aromatic carbocycles. The van der Waals surface area contributed by atoms with Crippen LogP contribution in [0.2, 0.25) is 0 Å². The summed E-state index contributed by atoms with van der Waals surface area (Å²) in [7, 11) is 0. The van der Waals surface area contributed by atoms with Gasteiger partial charge in [-0.05, 0) is 67.0 Å². The van der Waals surface area contributed by atoms with Crippen LogP contribution in [-0.2, 0) is 4.79 Å². The first kappa shape index (κ1) is 17.6. The van der Waals surface area contributed by atoms with Crippen molar-refractivity contribution >= 4 is 11.6 Å². The van der Waals surface area contributed by atoms with Crippen molar-refractivity contribution in [3.05, 3.63) is 47.8 Å². The second-order valence-electron chi connectivity index (χ2n) is 7.14. The first-order valence-corrected chi connectivity index (χ1v) is 9.14. The summed E-state index contributed by atoms with van der Waals surface area (Å²) in [6, 6.07) is 7.55. The van der Waals surface area contributed by atoms with Crippen LogP contribution < -0.4 is 11.1 Å². The third kappa shape index (κ3) is 4.07. The maximum Gasteiger partial charge on any atom is 0.241 e. The van der Waals surface area contributed by atoms with E-state index in [0.29, 0.717) is 5.92 Å². The highest BCUT2D eigenvalue weighted by Crippen LogP contribution is 2.28. The Balaban J connectivity index is 1.69. The monoisotopic (exact) mass is 337 g/mol. The molecular formula is C21H27N3O. The van der Waals surface area contributed by atoms with E-state index in [4.69, 9.17) is 5.73 Å². The number of pyridine rings is 1. The number of nitrogens with one attached hydrogen (secondary N) is 1. The van der Waals surface area contributed by atoms with Crippen molar-refractivity contribution in [2.75, 3.05) is 5.32 Å². The first-order valence-electron chi connectivity index (χ1n) is 9.14. The average molecular weight is 337 g/mol. The molecule has 0 aliphatic heterocycles. The van der Waals surface area contributed by atoms with Crippen LogP contribution in [0.15, 0.2) is 36.7 Å². The highest BCUT2D eigenvalue weighted by Gasteiger charge is 2.26. The van der Waals surface area contributed by atoms with Crippen LogP contribution in [0.1, 0.15) is 43.2 Å². The number of hydrogen-bond acceptors (Lipinski definition) is 3. The molecule has 1 saturated carbocycles. The zero-order valence-electron chi connectivity index (χ0n) is 15.1. The average Bonchev–Trinajstić information content (AvgIpc) is 2.63. The molecule has 1 unspecified atom stereocenters. The summed E-state index contributed by atoms with van der Waals surface area (Å²) < 4.78 is 0. The topological polar surface area (TPSA) is 68.0 Å². The van der Waals surface area contributed by atoms with E-state index in [1.54, 1.807) is 0 Å². The molecule has 1 atom stereocenters. The summed E-state index contributed by atoms with van der Waals surface area (Å²) in [5.41, 5.74) is 11.6. The molecule has 1 aromatic heterocycles. The summed E-state index contributed by atoms with van der Waals surface area (Å²) in [6.07, 6.45) is 9.51. The zero-order chi connectivity index (χ0) is 17.8. The summed E-state index contributed by atoms with van der Waals surface area (Å²) in [4.78, 5) is 16.7. The van der Waals surface area contributed by atoms with E-state index in [1.165, 1.54) is 24.8 Å². The Morgan fingerprint density at radius 3 is 2.28 bits per heavy atom. The predicted octanol–water partition coefficient (Wildman–Crippen LogP) is 4.21. The number of nitrogens with zero attached hydrogens (tertiary/aromatic N) is 1. The van der Waals surface area contributed by atoms with Gasteiger partial charge >= 0.3 is 0 Å². The number of carbonyl (C=O) groups is 1. The fourth-order valence-corrected chi connectivity index (χ4v) is 3.81. The van der Waals surface area contributed by atoms with E-state index in [9.17, 15) is 4.79 Å². The smallest absolute Gasteiger partial charge is 0.241 e. The fourth-order valence-electron chi connectivity index (χ4n) is 3.81. The molecule has 0 saturated heterocycles. The molecule has 2 aromatic rings. The Labute approximate surface area is 149 Å². The SMILES string of the molecule is Cc1cncc(C)c1-c1ccc(NC(=O)C(N)C2CCCCC2)cc1. The number of hydrogen-bond donors (Lipinski definition) is 2. The minimum Gasteiger partial charge on any atom is -0.325 e. The van der Waals surface area contributed by atoms with Gasteiger partial charge in [0, 0.05) is 18.1 Å². The Morgan fingerprint density at radius 2 is 1.68 bits per heavy atom. The quantitative estimate of drug-likeness (QED) is 0.878. The van der Waals surface area contributed by atoms with Gasteiger partial charge in [0.05, 0.1) is 6.04 Å². The van der Waals surface area contributed by atoms with Gasteiger partial charge in [-0.1, -0.05) is 31.4 Å². The lowest BCUT2D eigenvalue weighted by Crippen LogP contribution is -2.42. The molecule has 1 heterocycles. The van der Waals surface area contributed by atoms with Gasteiger partial charge in [0.1, 0.15) is 0 Å². The Hall–Kier alpha value is -2.20. The first-order chi connectivity index (χ1) is 12.1. The maximum absolute atomic E-state index is 12.4. The summed E-state index contributed by atoms with van der Waals surface area (Å²) in [5, 5.41) is 2.97. The van der Waals surface area contributed by atoms with Crippen LogP contribution in [0.25, 0.3) is 11.1 Å². The van der Waals surface area contributed by atoms with Gasteiger partial charge in [0.2, 0.25) is 5.91 Å². The standard InChI is InChI=1S/C21H27N3O/c1-14-12-23-13-15(2)19(14)16-8-10-18(11-9-16)24-21(25)20(22)17-6-4-3-5-7-17/h8-13,17,20H,3-7,22H2,1-2H3,(H,24,25). The summed E-state index contributed by atoms with van der Waals surface area (Å²) in [5.74, 6) is 0.242. The normalized spacial score (nSPS) is 16.4. The van der Waals surface area contributed by atoms with Crippen molar-refractivity contribution in [1.82, 2.24) is 4.98 Å². The minimum absolute atomic E-state index is 0.0732. The van der Waals surface area contributed by atoms with Gasteiger partial charge in [0.25, 0.3) is 0 Å². The van der Waals surface area contributed by atoms with Crippen molar-refractivity contribution in [2.24, 2.45) is 11.7 Å². The molecule has 3 N–H and O–H groups in total. The number of aryl methyl sites for hydroxylation is 2. The molecule has 1 aliphatic rings. The third-order valence-corrected chi connectivity index (χ3v) is 5.23. The summed E-state index contributed by atoms with van der Waals surface area (Å²) >= 11 is 0. The van der Waals surface area contributed by atoms with Crippen molar-refractivity contribution < 1.29 is 4.79 Å². The number of anilines is 1. The second-order valence-corrected chi connectivity index (χ2v) is 7.14. The number of rotatable bonds is 4. The number of aromatic nitrogens is 1. The molecule has 0 spiro atoms. The van der Waals surface area contributed by atoms with Crippen LogP contribution in [0, 0.1) is 19.8 Å². The van der Waals surface area contributed by atoms with Crippen molar-refractivity contribution in [3.8, 4) is 11.1 Å². The largest absolute Gasteiger partial charge is 0.325 e. The Bertz CT molecular complexity index is 713. The maximum atomic E-state index is 12.4. The molecule has 0 radical (unpaired) electrons. The fraction of sp³-hybridized carbons (Fsp3) is 0.429. The van der Waals surface area contributed by atoms with Gasteiger partial charge in [-0.15, -0.1) is 0 Å². The van der Waals surface area contributed by atoms with Crippen molar-refractivity contribution in [2.45, 2.75) is 52.0 Å². The van der Waals surface area contributed by atoms with Crippen molar-refractivity contribution in [1.29, 1.82) is 0 Å². The van der Waals surface area contributed by atoms with E-state index in [1.807, 2.05) is 36.7 Å². The van der Waals surface area contributed by atoms with Crippen LogP contribution in [0.3, 0.4) is 0 Å². The minimum atomic E-state index is -0.412. The van der Waals surface area contributed by atoms with Crippen LogP contribution in [0.5, 0.6) is 0 Å². The van der Waals surface area contributed by atoms with E-state index >= 15 is 0 Å². The van der Waals surface area contributed by atoms with Gasteiger partial charge < -0.3 is 11.1 Å². The van der Waals surface area contributed by atoms with Gasteiger partial charge in [-0.25, -0.2) is 0 Å². The van der Waals surface area contributed by atoms with Gasteiger partial charge in [-0.2, -0.15) is 0 Å². The molecule has 1 aliphatic carbocycles. The lowest BCUT2D eigenvalue weighted by Gasteiger charge is -2.26. The molecule has 3 rings (SSSR count). The molecule has 0 bridgehead atoms. The zero-order valence-corrected chi connectivity index (χ0v) is 15.1. The molecule has 25 heavy (non-hydrogen) atoms. The number of benzene rings is 1. The lowest BCUT2D eigenvalue weighted by molar-refractivity contribution is -0.118. The Morgan fingerprint density at radius 1 is 1.08 bits per heavy atom. The third-order valence-electron chi connectivity index (χ3n) is 5.23. The lowest BCUT2D eigenvalue weighted by atomic mass is 9.84. The number of carbonyl (C=O) groups excluding carboxylic acids is 1. The highest BCUT2D eigenvalue weighted by molar-refractivity contribution is 5.95. The predicted molar refractivity (Wildman–Crippen MR) is 102 cm³/mol. The van der Waals surface area contributed by atoms with Gasteiger partial charge in [-0.3, -0.25) is 9.78 Å². The molecule has 4 heteroatoms. The van der Waals surface area contributed by atoms with Crippen LogP contribution in [-0.4, -0.2) is 16.9 Å².